The average molecular weight is 425 g/mol. The molecule has 3 heterocycles. The molecule has 0 aromatic carbocycles. The summed E-state index contributed by atoms with van der Waals surface area (Å²) in [7, 11) is 2.14. The number of carbonyl (C=O) groups is 1. The van der Waals surface area contributed by atoms with Crippen LogP contribution in [-0.4, -0.2) is 65.4 Å². The first kappa shape index (κ1) is 22.2. The topological polar surface area (TPSA) is 70.5 Å². The molecule has 1 aromatic heterocycles. The van der Waals surface area contributed by atoms with Crippen molar-refractivity contribution in [3.63, 3.8) is 0 Å². The van der Waals surface area contributed by atoms with Crippen LogP contribution in [0, 0.1) is 5.92 Å². The highest BCUT2D eigenvalue weighted by molar-refractivity contribution is 6.99. The summed E-state index contributed by atoms with van der Waals surface area (Å²) in [6.07, 6.45) is 8.32. The second-order valence-corrected chi connectivity index (χ2v) is 8.83. The van der Waals surface area contributed by atoms with Crippen molar-refractivity contribution in [1.82, 2.24) is 8.75 Å². The maximum atomic E-state index is 12.4. The standard InChI is InChI=1S/C21H34N3O4S/c1-4-5-6-7-12-27-20-19(22-29-23-20)17-9-8-11-24(3,14-17)16(2)28-21(25)18-10-13-26-15-18/h9,16,18H,4-8,10-15H2,1-3H3/q+1/t16-,18-,24?/m0/s1. The predicted octanol–water partition coefficient (Wildman–Crippen LogP) is 3.66. The van der Waals surface area contributed by atoms with Crippen LogP contribution < -0.4 is 4.74 Å². The van der Waals surface area contributed by atoms with E-state index in [1.165, 1.54) is 31.0 Å². The van der Waals surface area contributed by atoms with Crippen molar-refractivity contribution in [3.05, 3.63) is 11.8 Å². The van der Waals surface area contributed by atoms with Gasteiger partial charge in [0.1, 0.15) is 12.2 Å². The van der Waals surface area contributed by atoms with Crippen LogP contribution in [-0.2, 0) is 14.3 Å². The first-order valence-corrected chi connectivity index (χ1v) is 11.5. The van der Waals surface area contributed by atoms with Gasteiger partial charge in [0.15, 0.2) is 0 Å². The summed E-state index contributed by atoms with van der Waals surface area (Å²) >= 11 is 1.19. The molecule has 7 nitrogen and oxygen atoms in total. The molecule has 0 saturated carbocycles. The summed E-state index contributed by atoms with van der Waals surface area (Å²) in [5, 5.41) is 0. The third-order valence-corrected chi connectivity index (χ3v) is 6.50. The van der Waals surface area contributed by atoms with Gasteiger partial charge in [0.2, 0.25) is 6.23 Å². The molecule has 3 atom stereocenters. The lowest BCUT2D eigenvalue weighted by Crippen LogP contribution is -2.55. The van der Waals surface area contributed by atoms with Crippen molar-refractivity contribution < 1.29 is 23.5 Å². The monoisotopic (exact) mass is 424 g/mol. The van der Waals surface area contributed by atoms with Gasteiger partial charge < -0.3 is 14.2 Å². The van der Waals surface area contributed by atoms with Crippen molar-refractivity contribution >= 4 is 23.3 Å². The molecule has 1 saturated heterocycles. The Labute approximate surface area is 177 Å². The van der Waals surface area contributed by atoms with Gasteiger partial charge in [0.25, 0.3) is 5.88 Å². The number of ether oxygens (including phenoxy) is 3. The van der Waals surface area contributed by atoms with E-state index in [0.29, 0.717) is 30.2 Å². The maximum Gasteiger partial charge on any atom is 0.315 e. The van der Waals surface area contributed by atoms with Gasteiger partial charge in [-0.25, -0.2) is 0 Å². The van der Waals surface area contributed by atoms with Crippen LogP contribution in [0.15, 0.2) is 6.08 Å². The highest BCUT2D eigenvalue weighted by Crippen LogP contribution is 2.32. The molecule has 2 aliphatic heterocycles. The van der Waals surface area contributed by atoms with E-state index in [-0.39, 0.29) is 18.1 Å². The number of quaternary nitrogens is 1. The lowest BCUT2D eigenvalue weighted by molar-refractivity contribution is -0.944. The molecular weight excluding hydrogens is 390 g/mol. The average Bonchev–Trinajstić information content (AvgIpc) is 3.40. The molecule has 0 amide bonds. The van der Waals surface area contributed by atoms with E-state index in [2.05, 4.69) is 28.8 Å². The Kier molecular flexibility index (Phi) is 8.03. The fourth-order valence-corrected chi connectivity index (χ4v) is 4.36. The normalized spacial score (nSPS) is 25.5. The third-order valence-electron chi connectivity index (χ3n) is 5.99. The Morgan fingerprint density at radius 1 is 1.38 bits per heavy atom. The first-order valence-electron chi connectivity index (χ1n) is 10.8. The van der Waals surface area contributed by atoms with Crippen LogP contribution in [0.5, 0.6) is 5.88 Å². The number of carbonyl (C=O) groups excluding carboxylic acids is 1. The van der Waals surface area contributed by atoms with Crippen LogP contribution in [0.25, 0.3) is 5.57 Å². The summed E-state index contributed by atoms with van der Waals surface area (Å²) in [6, 6.07) is 0. The van der Waals surface area contributed by atoms with E-state index in [4.69, 9.17) is 14.2 Å². The van der Waals surface area contributed by atoms with Crippen molar-refractivity contribution in [1.29, 1.82) is 0 Å². The van der Waals surface area contributed by atoms with Gasteiger partial charge in [0, 0.05) is 25.5 Å². The van der Waals surface area contributed by atoms with Crippen LogP contribution in [0.2, 0.25) is 0 Å². The lowest BCUT2D eigenvalue weighted by atomic mass is 10.0. The second-order valence-electron chi connectivity index (χ2n) is 8.30. The van der Waals surface area contributed by atoms with Crippen molar-refractivity contribution in [3.8, 4) is 5.88 Å². The van der Waals surface area contributed by atoms with Gasteiger partial charge in [0.05, 0.1) is 44.5 Å². The Balaban J connectivity index is 1.59. The Bertz CT molecular complexity index is 702. The van der Waals surface area contributed by atoms with Crippen molar-refractivity contribution in [2.75, 3.05) is 40.0 Å². The van der Waals surface area contributed by atoms with E-state index in [0.717, 1.165) is 43.6 Å². The van der Waals surface area contributed by atoms with Gasteiger partial charge >= 0.3 is 5.97 Å². The number of hydrogen-bond acceptors (Lipinski definition) is 7. The van der Waals surface area contributed by atoms with Gasteiger partial charge in [-0.3, -0.25) is 9.28 Å². The van der Waals surface area contributed by atoms with Crippen LogP contribution in [0.1, 0.15) is 58.1 Å². The minimum absolute atomic E-state index is 0.126. The second kappa shape index (κ2) is 10.5. The molecule has 1 fully saturated rings. The molecule has 1 aromatic rings. The molecule has 1 unspecified atom stereocenters. The van der Waals surface area contributed by atoms with E-state index in [1.54, 1.807) is 0 Å². The molecular formula is C21H34N3O4S+. The first-order chi connectivity index (χ1) is 14.0. The molecule has 0 bridgehead atoms. The van der Waals surface area contributed by atoms with Gasteiger partial charge in [-0.1, -0.05) is 32.3 Å². The number of aromatic nitrogens is 2. The molecule has 8 heteroatoms. The Hall–Kier alpha value is -1.51. The largest absolute Gasteiger partial charge is 0.475 e. The van der Waals surface area contributed by atoms with E-state index in [9.17, 15) is 4.79 Å². The number of nitrogens with zero attached hydrogens (tertiary/aromatic N) is 3. The summed E-state index contributed by atoms with van der Waals surface area (Å²) in [4.78, 5) is 12.4. The summed E-state index contributed by atoms with van der Waals surface area (Å²) in [6.45, 7) is 7.65. The Morgan fingerprint density at radius 3 is 3.00 bits per heavy atom. The van der Waals surface area contributed by atoms with Crippen LogP contribution in [0.4, 0.5) is 0 Å². The fourth-order valence-electron chi connectivity index (χ4n) is 3.83. The van der Waals surface area contributed by atoms with Gasteiger partial charge in [-0.2, -0.15) is 4.37 Å². The highest BCUT2D eigenvalue weighted by Gasteiger charge is 2.38. The predicted molar refractivity (Wildman–Crippen MR) is 113 cm³/mol. The number of likely N-dealkylation sites (N-methyl/N-ethyl adjacent to an activating group) is 1. The van der Waals surface area contributed by atoms with Crippen molar-refractivity contribution in [2.24, 2.45) is 5.92 Å². The minimum atomic E-state index is -0.225. The zero-order valence-electron chi connectivity index (χ0n) is 17.9. The Morgan fingerprint density at radius 2 is 2.24 bits per heavy atom. The zero-order valence-corrected chi connectivity index (χ0v) is 18.7. The molecule has 162 valence electrons. The maximum absolute atomic E-state index is 12.4. The SMILES string of the molecule is CCCCCCOc1nsnc1C1=CCC[N+](C)([C@H](C)OC(=O)[C@H]2CCOC2)C1. The highest BCUT2D eigenvalue weighted by atomic mass is 32.1. The summed E-state index contributed by atoms with van der Waals surface area (Å²) in [5.41, 5.74) is 1.97. The fraction of sp³-hybridized carbons (Fsp3) is 0.762. The van der Waals surface area contributed by atoms with Crippen molar-refractivity contribution in [2.45, 2.75) is 58.6 Å². The molecule has 3 rings (SSSR count). The quantitative estimate of drug-likeness (QED) is 0.324. The number of rotatable bonds is 10. The van der Waals surface area contributed by atoms with E-state index >= 15 is 0 Å². The number of esters is 1. The zero-order chi connectivity index (χ0) is 20.7. The van der Waals surface area contributed by atoms with Crippen LogP contribution >= 0.6 is 11.7 Å². The van der Waals surface area contributed by atoms with Gasteiger partial charge in [-0.15, -0.1) is 4.37 Å². The molecule has 0 spiro atoms. The van der Waals surface area contributed by atoms with E-state index in [1.807, 2.05) is 6.92 Å². The molecule has 29 heavy (non-hydrogen) atoms. The van der Waals surface area contributed by atoms with Crippen LogP contribution in [0.3, 0.4) is 0 Å². The molecule has 0 radical (unpaired) electrons. The van der Waals surface area contributed by atoms with Gasteiger partial charge in [-0.05, 0) is 12.8 Å². The number of hydrogen-bond donors (Lipinski definition) is 0. The number of unbranched alkanes of at least 4 members (excludes halogenated alkanes) is 3. The third kappa shape index (κ3) is 5.77. The smallest absolute Gasteiger partial charge is 0.315 e. The molecule has 0 aliphatic carbocycles. The van der Waals surface area contributed by atoms with E-state index < -0.39 is 0 Å². The molecule has 2 aliphatic rings. The summed E-state index contributed by atoms with van der Waals surface area (Å²) in [5.74, 6) is 0.370. The lowest BCUT2D eigenvalue weighted by Gasteiger charge is -2.41. The summed E-state index contributed by atoms with van der Waals surface area (Å²) < 4.78 is 26.6. The minimum Gasteiger partial charge on any atom is -0.475 e. The molecule has 0 N–H and O–H groups in total.